The smallest absolute Gasteiger partial charge is 0.348 e. The van der Waals surface area contributed by atoms with Gasteiger partial charge in [0.25, 0.3) is 5.91 Å². The molecule has 10 heteroatoms. The summed E-state index contributed by atoms with van der Waals surface area (Å²) in [7, 11) is 0. The number of nitrogens with zero attached hydrogens (tertiary/aromatic N) is 5. The molecule has 1 N–H and O–H groups in total. The standard InChI is InChI=1S/C16H15F3N6O/c1-11-13(8-25(23-11)9-16(17,18)19)15(26)22-7-12-2-3-14(21-6-12)24-5-4-20-10-24/h2-6,8,10H,7,9H2,1H3,(H,22,26). The number of carbonyl (C=O) groups excluding carboxylic acids is 1. The van der Waals surface area contributed by atoms with Gasteiger partial charge in [0, 0.05) is 31.3 Å². The highest BCUT2D eigenvalue weighted by Crippen LogP contribution is 2.18. The molecule has 0 unspecified atom stereocenters. The molecule has 0 bridgehead atoms. The van der Waals surface area contributed by atoms with Gasteiger partial charge in [0.05, 0.1) is 11.3 Å². The Morgan fingerprint density at radius 2 is 2.12 bits per heavy atom. The van der Waals surface area contributed by atoms with Crippen LogP contribution in [0.5, 0.6) is 0 Å². The van der Waals surface area contributed by atoms with Crippen LogP contribution in [0.15, 0.2) is 43.2 Å². The SMILES string of the molecule is Cc1nn(CC(F)(F)F)cc1C(=O)NCc1ccc(-n2ccnc2)nc1. The van der Waals surface area contributed by atoms with Crippen LogP contribution in [0.4, 0.5) is 13.2 Å². The van der Waals surface area contributed by atoms with Crippen molar-refractivity contribution in [2.75, 3.05) is 0 Å². The van der Waals surface area contributed by atoms with E-state index in [2.05, 4.69) is 20.4 Å². The Morgan fingerprint density at radius 1 is 1.31 bits per heavy atom. The number of hydrogen-bond donors (Lipinski definition) is 1. The second kappa shape index (κ2) is 6.98. The second-order valence-electron chi connectivity index (χ2n) is 5.62. The van der Waals surface area contributed by atoms with Crippen LogP contribution in [0, 0.1) is 6.92 Å². The molecule has 7 nitrogen and oxygen atoms in total. The van der Waals surface area contributed by atoms with Crippen molar-refractivity contribution in [3.8, 4) is 5.82 Å². The average Bonchev–Trinajstić information content (AvgIpc) is 3.21. The molecule has 0 saturated carbocycles. The van der Waals surface area contributed by atoms with E-state index in [0.717, 1.165) is 11.8 Å². The number of nitrogens with one attached hydrogen (secondary N) is 1. The fraction of sp³-hybridized carbons (Fsp3) is 0.250. The maximum atomic E-state index is 12.4. The number of hydrogen-bond acceptors (Lipinski definition) is 4. The first-order valence-electron chi connectivity index (χ1n) is 7.64. The monoisotopic (exact) mass is 364 g/mol. The molecule has 0 atom stereocenters. The van der Waals surface area contributed by atoms with Crippen molar-refractivity contribution in [2.24, 2.45) is 0 Å². The zero-order valence-corrected chi connectivity index (χ0v) is 13.7. The van der Waals surface area contributed by atoms with E-state index in [1.807, 2.05) is 0 Å². The number of rotatable bonds is 5. The molecule has 3 aromatic rings. The minimum atomic E-state index is -4.39. The van der Waals surface area contributed by atoms with Crippen LogP contribution in [-0.2, 0) is 13.1 Å². The number of aromatic nitrogens is 5. The topological polar surface area (TPSA) is 77.6 Å². The normalized spacial score (nSPS) is 11.5. The van der Waals surface area contributed by atoms with Crippen LogP contribution < -0.4 is 5.32 Å². The summed E-state index contributed by atoms with van der Waals surface area (Å²) in [5, 5.41) is 6.38. The predicted octanol–water partition coefficient (Wildman–Crippen LogP) is 2.26. The minimum Gasteiger partial charge on any atom is -0.348 e. The number of pyridine rings is 1. The number of aryl methyl sites for hydroxylation is 1. The number of carbonyl (C=O) groups is 1. The van der Waals surface area contributed by atoms with Crippen molar-refractivity contribution in [1.29, 1.82) is 0 Å². The maximum Gasteiger partial charge on any atom is 0.408 e. The Balaban J connectivity index is 1.62. The Labute approximate surface area is 146 Å². The van der Waals surface area contributed by atoms with E-state index in [1.165, 1.54) is 6.92 Å². The molecule has 0 fully saturated rings. The molecular formula is C16H15F3N6O. The van der Waals surface area contributed by atoms with Gasteiger partial charge in [-0.05, 0) is 18.6 Å². The van der Waals surface area contributed by atoms with Gasteiger partial charge >= 0.3 is 6.18 Å². The van der Waals surface area contributed by atoms with Crippen LogP contribution in [0.3, 0.4) is 0 Å². The molecular weight excluding hydrogens is 349 g/mol. The third-order valence-electron chi connectivity index (χ3n) is 3.56. The lowest BCUT2D eigenvalue weighted by Gasteiger charge is -2.06. The first-order valence-corrected chi connectivity index (χ1v) is 7.64. The molecule has 0 radical (unpaired) electrons. The van der Waals surface area contributed by atoms with E-state index in [4.69, 9.17) is 0 Å². The van der Waals surface area contributed by atoms with E-state index in [9.17, 15) is 18.0 Å². The van der Waals surface area contributed by atoms with Crippen LogP contribution >= 0.6 is 0 Å². The Bertz CT molecular complexity index is 884. The zero-order valence-electron chi connectivity index (χ0n) is 13.7. The fourth-order valence-corrected chi connectivity index (χ4v) is 2.35. The molecule has 0 saturated heterocycles. The van der Waals surface area contributed by atoms with Crippen molar-refractivity contribution < 1.29 is 18.0 Å². The summed E-state index contributed by atoms with van der Waals surface area (Å²) in [6.45, 7) is 0.448. The Hall–Kier alpha value is -3.17. The molecule has 3 aromatic heterocycles. The Kier molecular flexibility index (Phi) is 4.74. The van der Waals surface area contributed by atoms with E-state index in [-0.39, 0.29) is 17.8 Å². The highest BCUT2D eigenvalue weighted by Gasteiger charge is 2.29. The summed E-state index contributed by atoms with van der Waals surface area (Å²) in [6, 6.07) is 3.57. The van der Waals surface area contributed by atoms with Gasteiger partial charge in [-0.2, -0.15) is 18.3 Å². The first kappa shape index (κ1) is 17.6. The lowest BCUT2D eigenvalue weighted by Crippen LogP contribution is -2.23. The lowest BCUT2D eigenvalue weighted by atomic mass is 10.2. The highest BCUT2D eigenvalue weighted by atomic mass is 19.4. The molecule has 0 aliphatic rings. The van der Waals surface area contributed by atoms with Crippen molar-refractivity contribution in [2.45, 2.75) is 26.2 Å². The summed E-state index contributed by atoms with van der Waals surface area (Å²) in [6.07, 6.45) is 3.32. The van der Waals surface area contributed by atoms with Gasteiger partial charge in [0.1, 0.15) is 18.7 Å². The van der Waals surface area contributed by atoms with Gasteiger partial charge in [-0.3, -0.25) is 14.0 Å². The number of alkyl halides is 3. The van der Waals surface area contributed by atoms with Crippen LogP contribution in [0.2, 0.25) is 0 Å². The molecule has 0 aromatic carbocycles. The minimum absolute atomic E-state index is 0.109. The molecule has 3 rings (SSSR count). The number of halogens is 3. The average molecular weight is 364 g/mol. The van der Waals surface area contributed by atoms with E-state index in [0.29, 0.717) is 10.5 Å². The molecule has 0 aliphatic carbocycles. The number of amides is 1. The summed E-state index contributed by atoms with van der Waals surface area (Å²) in [5.41, 5.74) is 1.10. The predicted molar refractivity (Wildman–Crippen MR) is 85.5 cm³/mol. The van der Waals surface area contributed by atoms with Crippen LogP contribution in [0.1, 0.15) is 21.6 Å². The third-order valence-corrected chi connectivity index (χ3v) is 3.56. The van der Waals surface area contributed by atoms with Gasteiger partial charge in [-0.25, -0.2) is 9.97 Å². The van der Waals surface area contributed by atoms with Crippen molar-refractivity contribution >= 4 is 5.91 Å². The van der Waals surface area contributed by atoms with E-state index >= 15 is 0 Å². The van der Waals surface area contributed by atoms with Gasteiger partial charge in [0.15, 0.2) is 0 Å². The summed E-state index contributed by atoms with van der Waals surface area (Å²) < 4.78 is 39.7. The first-order chi connectivity index (χ1) is 12.3. The molecule has 1 amide bonds. The van der Waals surface area contributed by atoms with Crippen molar-refractivity contribution in [3.63, 3.8) is 0 Å². The van der Waals surface area contributed by atoms with Gasteiger partial charge in [-0.1, -0.05) is 6.07 Å². The van der Waals surface area contributed by atoms with Crippen molar-refractivity contribution in [3.05, 3.63) is 60.1 Å². The summed E-state index contributed by atoms with van der Waals surface area (Å²) in [4.78, 5) is 20.4. The Morgan fingerprint density at radius 3 is 2.73 bits per heavy atom. The third kappa shape index (κ3) is 4.26. The zero-order chi connectivity index (χ0) is 18.7. The lowest BCUT2D eigenvalue weighted by molar-refractivity contribution is -0.142. The molecule has 3 heterocycles. The second-order valence-corrected chi connectivity index (χ2v) is 5.62. The van der Waals surface area contributed by atoms with Crippen LogP contribution in [-0.4, -0.2) is 36.4 Å². The van der Waals surface area contributed by atoms with Gasteiger partial charge in [0.2, 0.25) is 0 Å². The summed E-state index contributed by atoms with van der Waals surface area (Å²) >= 11 is 0. The quantitative estimate of drug-likeness (QED) is 0.753. The van der Waals surface area contributed by atoms with Crippen LogP contribution in [0.25, 0.3) is 5.82 Å². The highest BCUT2D eigenvalue weighted by molar-refractivity contribution is 5.94. The molecule has 0 spiro atoms. The molecule has 26 heavy (non-hydrogen) atoms. The van der Waals surface area contributed by atoms with Crippen molar-refractivity contribution in [1.82, 2.24) is 29.6 Å². The maximum absolute atomic E-state index is 12.4. The van der Waals surface area contributed by atoms with E-state index < -0.39 is 18.6 Å². The fourth-order valence-electron chi connectivity index (χ4n) is 2.35. The van der Waals surface area contributed by atoms with E-state index in [1.54, 1.807) is 41.6 Å². The molecule has 0 aliphatic heterocycles. The number of imidazole rings is 1. The summed E-state index contributed by atoms with van der Waals surface area (Å²) in [5.74, 6) is 0.191. The molecule has 136 valence electrons. The van der Waals surface area contributed by atoms with Gasteiger partial charge < -0.3 is 5.32 Å². The van der Waals surface area contributed by atoms with Gasteiger partial charge in [-0.15, -0.1) is 0 Å². The largest absolute Gasteiger partial charge is 0.408 e.